The molecule has 0 spiro atoms. The van der Waals surface area contributed by atoms with Crippen LogP contribution in [0.4, 0.5) is 0 Å². The second-order valence-corrected chi connectivity index (χ2v) is 5.66. The Kier molecular flexibility index (Phi) is 3.42. The van der Waals surface area contributed by atoms with Crippen molar-refractivity contribution in [1.29, 1.82) is 0 Å². The van der Waals surface area contributed by atoms with E-state index >= 15 is 0 Å². The number of pyridine rings is 1. The summed E-state index contributed by atoms with van der Waals surface area (Å²) in [5, 5.41) is 2.09. The van der Waals surface area contributed by atoms with Gasteiger partial charge >= 0.3 is 0 Å². The average Bonchev–Trinajstić information content (AvgIpc) is 2.57. The maximum Gasteiger partial charge on any atom is 0.254 e. The van der Waals surface area contributed by atoms with Crippen molar-refractivity contribution in [2.45, 2.75) is 6.10 Å². The highest BCUT2D eigenvalue weighted by Crippen LogP contribution is 2.23. The van der Waals surface area contributed by atoms with E-state index in [1.54, 1.807) is 12.4 Å². The number of aromatic nitrogens is 1. The first-order valence-electron chi connectivity index (χ1n) is 7.65. The third-order valence-electron chi connectivity index (χ3n) is 4.11. The molecule has 2 heterocycles. The van der Waals surface area contributed by atoms with Crippen LogP contribution in [-0.2, 0) is 0 Å². The lowest BCUT2D eigenvalue weighted by Crippen LogP contribution is -2.56. The number of benzene rings is 2. The maximum absolute atomic E-state index is 12.7. The monoisotopic (exact) mass is 304 g/mol. The second-order valence-electron chi connectivity index (χ2n) is 5.66. The van der Waals surface area contributed by atoms with Crippen molar-refractivity contribution in [2.75, 3.05) is 13.1 Å². The highest BCUT2D eigenvalue weighted by molar-refractivity contribution is 6.07. The van der Waals surface area contributed by atoms with Gasteiger partial charge in [0.1, 0.15) is 11.9 Å². The topological polar surface area (TPSA) is 42.4 Å². The largest absolute Gasteiger partial charge is 0.487 e. The van der Waals surface area contributed by atoms with Crippen LogP contribution in [0.25, 0.3) is 10.8 Å². The number of rotatable bonds is 3. The van der Waals surface area contributed by atoms with Crippen molar-refractivity contribution in [3.8, 4) is 5.75 Å². The SMILES string of the molecule is O=C(c1cccc2ccccc12)N1CC(Oc2ccncc2)C1. The van der Waals surface area contributed by atoms with E-state index < -0.39 is 0 Å². The Balaban J connectivity index is 1.47. The van der Waals surface area contributed by atoms with Crippen LogP contribution in [0.15, 0.2) is 67.0 Å². The van der Waals surface area contributed by atoms with Gasteiger partial charge in [-0.25, -0.2) is 0 Å². The zero-order chi connectivity index (χ0) is 15.6. The molecule has 0 aliphatic carbocycles. The van der Waals surface area contributed by atoms with Crippen molar-refractivity contribution in [3.63, 3.8) is 0 Å². The van der Waals surface area contributed by atoms with Crippen LogP contribution in [0.1, 0.15) is 10.4 Å². The number of hydrogen-bond donors (Lipinski definition) is 0. The highest BCUT2D eigenvalue weighted by atomic mass is 16.5. The van der Waals surface area contributed by atoms with Crippen LogP contribution in [0.5, 0.6) is 5.75 Å². The third-order valence-corrected chi connectivity index (χ3v) is 4.11. The van der Waals surface area contributed by atoms with E-state index in [2.05, 4.69) is 4.98 Å². The van der Waals surface area contributed by atoms with Gasteiger partial charge in [0.2, 0.25) is 0 Å². The number of carbonyl (C=O) groups is 1. The second kappa shape index (κ2) is 5.72. The van der Waals surface area contributed by atoms with Crippen LogP contribution in [-0.4, -0.2) is 35.0 Å². The molecule has 1 aliphatic rings. The number of hydrogen-bond acceptors (Lipinski definition) is 3. The van der Waals surface area contributed by atoms with E-state index in [4.69, 9.17) is 4.74 Å². The first-order chi connectivity index (χ1) is 11.3. The van der Waals surface area contributed by atoms with Crippen LogP contribution in [0.2, 0.25) is 0 Å². The third kappa shape index (κ3) is 2.63. The summed E-state index contributed by atoms with van der Waals surface area (Å²) in [5.74, 6) is 0.860. The number of carbonyl (C=O) groups excluding carboxylic acids is 1. The molecule has 1 aliphatic heterocycles. The van der Waals surface area contributed by atoms with Crippen molar-refractivity contribution < 1.29 is 9.53 Å². The van der Waals surface area contributed by atoms with Gasteiger partial charge in [0, 0.05) is 18.0 Å². The average molecular weight is 304 g/mol. The van der Waals surface area contributed by atoms with Gasteiger partial charge in [-0.05, 0) is 29.0 Å². The fourth-order valence-corrected chi connectivity index (χ4v) is 2.87. The van der Waals surface area contributed by atoms with Crippen molar-refractivity contribution in [2.24, 2.45) is 0 Å². The Hall–Kier alpha value is -2.88. The maximum atomic E-state index is 12.7. The van der Waals surface area contributed by atoms with Gasteiger partial charge in [-0.1, -0.05) is 36.4 Å². The van der Waals surface area contributed by atoms with Crippen molar-refractivity contribution >= 4 is 16.7 Å². The van der Waals surface area contributed by atoms with Gasteiger partial charge in [-0.3, -0.25) is 9.78 Å². The Morgan fingerprint density at radius 2 is 1.74 bits per heavy atom. The quantitative estimate of drug-likeness (QED) is 0.746. The number of ether oxygens (including phenoxy) is 1. The molecule has 0 atom stereocenters. The molecular formula is C19H16N2O2. The van der Waals surface area contributed by atoms with Gasteiger partial charge in [0.15, 0.2) is 0 Å². The summed E-state index contributed by atoms with van der Waals surface area (Å²) in [7, 11) is 0. The lowest BCUT2D eigenvalue weighted by atomic mass is 10.0. The van der Waals surface area contributed by atoms with Crippen LogP contribution in [0, 0.1) is 0 Å². The van der Waals surface area contributed by atoms with Crippen LogP contribution < -0.4 is 4.74 Å². The summed E-state index contributed by atoms with van der Waals surface area (Å²) in [4.78, 5) is 18.5. The Labute approximate surface area is 134 Å². The normalized spacial score (nSPS) is 14.5. The lowest BCUT2D eigenvalue weighted by Gasteiger charge is -2.39. The molecule has 0 bridgehead atoms. The molecular weight excluding hydrogens is 288 g/mol. The lowest BCUT2D eigenvalue weighted by molar-refractivity contribution is 0.0179. The zero-order valence-electron chi connectivity index (χ0n) is 12.6. The minimum absolute atomic E-state index is 0.0522. The molecule has 4 nitrogen and oxygen atoms in total. The summed E-state index contributed by atoms with van der Waals surface area (Å²) in [6.45, 7) is 1.23. The molecule has 1 aromatic heterocycles. The summed E-state index contributed by atoms with van der Waals surface area (Å²) in [6.07, 6.45) is 3.45. The standard InChI is InChI=1S/C19H16N2O2/c22-19(18-7-3-5-14-4-1-2-6-17(14)18)21-12-16(13-21)23-15-8-10-20-11-9-15/h1-11,16H,12-13H2. The predicted octanol–water partition coefficient (Wildman–Crippen LogP) is 3.14. The number of nitrogens with zero attached hydrogens (tertiary/aromatic N) is 2. The van der Waals surface area contributed by atoms with Crippen LogP contribution in [0.3, 0.4) is 0 Å². The first-order valence-corrected chi connectivity index (χ1v) is 7.65. The molecule has 4 heteroatoms. The van der Waals surface area contributed by atoms with Gasteiger partial charge in [0.05, 0.1) is 13.1 Å². The van der Waals surface area contributed by atoms with Crippen molar-refractivity contribution in [1.82, 2.24) is 9.88 Å². The van der Waals surface area contributed by atoms with Crippen LogP contribution >= 0.6 is 0 Å². The summed E-state index contributed by atoms with van der Waals surface area (Å²) < 4.78 is 5.82. The molecule has 4 rings (SSSR count). The summed E-state index contributed by atoms with van der Waals surface area (Å²) >= 11 is 0. The van der Waals surface area contributed by atoms with E-state index in [0.29, 0.717) is 13.1 Å². The first kappa shape index (κ1) is 13.8. The minimum Gasteiger partial charge on any atom is -0.487 e. The molecule has 0 radical (unpaired) electrons. The number of amides is 1. The van der Waals surface area contributed by atoms with Gasteiger partial charge in [0.25, 0.3) is 5.91 Å². The van der Waals surface area contributed by atoms with E-state index in [9.17, 15) is 4.79 Å². The molecule has 0 N–H and O–H groups in total. The summed E-state index contributed by atoms with van der Waals surface area (Å²) in [5.41, 5.74) is 0.755. The number of likely N-dealkylation sites (tertiary alicyclic amines) is 1. The molecule has 0 saturated carbocycles. The smallest absolute Gasteiger partial charge is 0.254 e. The molecule has 2 aromatic carbocycles. The minimum atomic E-state index is 0.0522. The molecule has 3 aromatic rings. The van der Waals surface area contributed by atoms with E-state index in [0.717, 1.165) is 22.1 Å². The number of fused-ring (bicyclic) bond motifs is 1. The Morgan fingerprint density at radius 1 is 1.00 bits per heavy atom. The molecule has 23 heavy (non-hydrogen) atoms. The highest BCUT2D eigenvalue weighted by Gasteiger charge is 2.33. The van der Waals surface area contributed by atoms with Crippen molar-refractivity contribution in [3.05, 3.63) is 72.6 Å². The molecule has 114 valence electrons. The Bertz CT molecular complexity index is 837. The molecule has 1 amide bonds. The fraction of sp³-hybridized carbons (Fsp3) is 0.158. The Morgan fingerprint density at radius 3 is 2.57 bits per heavy atom. The van der Waals surface area contributed by atoms with E-state index in [-0.39, 0.29) is 12.0 Å². The van der Waals surface area contributed by atoms with E-state index in [1.807, 2.05) is 59.5 Å². The molecule has 0 unspecified atom stereocenters. The molecule has 1 saturated heterocycles. The van der Waals surface area contributed by atoms with E-state index in [1.165, 1.54) is 0 Å². The fourth-order valence-electron chi connectivity index (χ4n) is 2.87. The molecule has 1 fully saturated rings. The van der Waals surface area contributed by atoms with Gasteiger partial charge in [-0.15, -0.1) is 0 Å². The summed E-state index contributed by atoms with van der Waals surface area (Å²) in [6, 6.07) is 17.5. The van der Waals surface area contributed by atoms with Gasteiger partial charge < -0.3 is 9.64 Å². The van der Waals surface area contributed by atoms with Gasteiger partial charge in [-0.2, -0.15) is 0 Å². The predicted molar refractivity (Wildman–Crippen MR) is 88.5 cm³/mol. The zero-order valence-corrected chi connectivity index (χ0v) is 12.6.